The topological polar surface area (TPSA) is 30.0 Å². The lowest BCUT2D eigenvalue weighted by Crippen LogP contribution is -1.92. The lowest BCUT2D eigenvalue weighted by Gasteiger charge is -2.03. The Morgan fingerprint density at radius 3 is 2.92 bits per heavy atom. The Morgan fingerprint density at radius 1 is 1.67 bits per heavy atom. The number of hydrogen-bond acceptors (Lipinski definition) is 3. The summed E-state index contributed by atoms with van der Waals surface area (Å²) in [5, 5.41) is 1.02. The molecule has 3 heteroatoms. The summed E-state index contributed by atoms with van der Waals surface area (Å²) in [6.07, 6.45) is 5.35. The van der Waals surface area contributed by atoms with E-state index in [1.54, 1.807) is 18.0 Å². The first-order chi connectivity index (χ1) is 5.81. The van der Waals surface area contributed by atoms with Crippen LogP contribution in [0.4, 0.5) is 0 Å². The average Bonchev–Trinajstić information content (AvgIpc) is 2.16. The second kappa shape index (κ2) is 4.26. The van der Waals surface area contributed by atoms with Gasteiger partial charge in [0.2, 0.25) is 0 Å². The van der Waals surface area contributed by atoms with Gasteiger partial charge in [0.1, 0.15) is 0 Å². The standard InChI is InChI=1S/C9H11NOS/c1-3-8-4-7(6-11)5-10-9(8)12-2/h4-6H,3H2,1-2H3. The summed E-state index contributed by atoms with van der Waals surface area (Å²) in [7, 11) is 0. The van der Waals surface area contributed by atoms with Gasteiger partial charge in [-0.05, 0) is 24.3 Å². The van der Waals surface area contributed by atoms with E-state index in [-0.39, 0.29) is 0 Å². The fourth-order valence-electron chi connectivity index (χ4n) is 1.02. The van der Waals surface area contributed by atoms with Gasteiger partial charge in [-0.2, -0.15) is 0 Å². The molecule has 0 atom stereocenters. The number of aldehydes is 1. The Bertz CT molecular complexity index is 286. The molecular weight excluding hydrogens is 170 g/mol. The third-order valence-corrected chi connectivity index (χ3v) is 2.41. The fourth-order valence-corrected chi connectivity index (χ4v) is 1.64. The molecule has 0 spiro atoms. The quantitative estimate of drug-likeness (QED) is 0.529. The highest BCUT2D eigenvalue weighted by Crippen LogP contribution is 2.18. The number of pyridine rings is 1. The van der Waals surface area contributed by atoms with Crippen LogP contribution in [-0.2, 0) is 6.42 Å². The molecule has 12 heavy (non-hydrogen) atoms. The van der Waals surface area contributed by atoms with Crippen LogP contribution in [0.25, 0.3) is 0 Å². The third kappa shape index (κ3) is 1.85. The minimum absolute atomic E-state index is 0.657. The second-order valence-corrected chi connectivity index (χ2v) is 3.20. The number of aromatic nitrogens is 1. The fraction of sp³-hybridized carbons (Fsp3) is 0.333. The number of rotatable bonds is 3. The minimum atomic E-state index is 0.657. The molecule has 0 amide bonds. The average molecular weight is 181 g/mol. The maximum absolute atomic E-state index is 10.4. The van der Waals surface area contributed by atoms with E-state index in [4.69, 9.17) is 0 Å². The Balaban J connectivity index is 3.10. The van der Waals surface area contributed by atoms with Gasteiger partial charge in [-0.25, -0.2) is 4.98 Å². The summed E-state index contributed by atoms with van der Waals surface area (Å²) in [5.41, 5.74) is 1.80. The van der Waals surface area contributed by atoms with Crippen molar-refractivity contribution >= 4 is 18.0 Å². The van der Waals surface area contributed by atoms with Gasteiger partial charge < -0.3 is 0 Å². The maximum Gasteiger partial charge on any atom is 0.151 e. The van der Waals surface area contributed by atoms with Crippen molar-refractivity contribution in [3.8, 4) is 0 Å². The molecule has 0 radical (unpaired) electrons. The first-order valence-corrected chi connectivity index (χ1v) is 5.02. The van der Waals surface area contributed by atoms with Crippen molar-refractivity contribution in [3.63, 3.8) is 0 Å². The molecule has 0 fully saturated rings. The molecule has 0 N–H and O–H groups in total. The van der Waals surface area contributed by atoms with Crippen LogP contribution in [0.15, 0.2) is 17.3 Å². The van der Waals surface area contributed by atoms with Crippen molar-refractivity contribution in [2.24, 2.45) is 0 Å². The Hall–Kier alpha value is -0.830. The monoisotopic (exact) mass is 181 g/mol. The molecule has 0 bridgehead atoms. The molecule has 0 aliphatic rings. The van der Waals surface area contributed by atoms with Crippen molar-refractivity contribution in [1.29, 1.82) is 0 Å². The van der Waals surface area contributed by atoms with Gasteiger partial charge in [0.15, 0.2) is 6.29 Å². The molecule has 0 aromatic carbocycles. The molecule has 1 aromatic heterocycles. The third-order valence-electron chi connectivity index (χ3n) is 1.66. The lowest BCUT2D eigenvalue weighted by molar-refractivity contribution is 0.112. The number of carbonyl (C=O) groups excluding carboxylic acids is 1. The van der Waals surface area contributed by atoms with Crippen molar-refractivity contribution < 1.29 is 4.79 Å². The minimum Gasteiger partial charge on any atom is -0.298 e. The van der Waals surface area contributed by atoms with Gasteiger partial charge in [0.05, 0.1) is 5.03 Å². The molecule has 0 aliphatic carbocycles. The van der Waals surface area contributed by atoms with Crippen molar-refractivity contribution in [2.75, 3.05) is 6.26 Å². The summed E-state index contributed by atoms with van der Waals surface area (Å²) in [5.74, 6) is 0. The summed E-state index contributed by atoms with van der Waals surface area (Å²) in [6, 6.07) is 1.89. The maximum atomic E-state index is 10.4. The van der Waals surface area contributed by atoms with Gasteiger partial charge in [-0.15, -0.1) is 11.8 Å². The second-order valence-electron chi connectivity index (χ2n) is 2.41. The molecule has 0 aliphatic heterocycles. The van der Waals surface area contributed by atoms with E-state index in [0.717, 1.165) is 23.3 Å². The number of nitrogens with zero attached hydrogens (tertiary/aromatic N) is 1. The molecule has 64 valence electrons. The smallest absolute Gasteiger partial charge is 0.151 e. The SMILES string of the molecule is CCc1cc(C=O)cnc1SC. The van der Waals surface area contributed by atoms with E-state index in [1.807, 2.05) is 12.3 Å². The van der Waals surface area contributed by atoms with Crippen LogP contribution in [0.3, 0.4) is 0 Å². The van der Waals surface area contributed by atoms with Gasteiger partial charge in [0, 0.05) is 11.8 Å². The van der Waals surface area contributed by atoms with Crippen molar-refractivity contribution in [1.82, 2.24) is 4.98 Å². The van der Waals surface area contributed by atoms with Crippen LogP contribution in [0.2, 0.25) is 0 Å². The van der Waals surface area contributed by atoms with Crippen LogP contribution < -0.4 is 0 Å². The van der Waals surface area contributed by atoms with Gasteiger partial charge in [0.25, 0.3) is 0 Å². The van der Waals surface area contributed by atoms with E-state index in [0.29, 0.717) is 5.56 Å². The molecule has 1 heterocycles. The normalized spacial score (nSPS) is 9.83. The highest BCUT2D eigenvalue weighted by molar-refractivity contribution is 7.98. The van der Waals surface area contributed by atoms with Gasteiger partial charge in [-0.1, -0.05) is 6.92 Å². The number of aryl methyl sites for hydroxylation is 1. The molecule has 1 rings (SSSR count). The largest absolute Gasteiger partial charge is 0.298 e. The molecule has 2 nitrogen and oxygen atoms in total. The molecular formula is C9H11NOS. The summed E-state index contributed by atoms with van der Waals surface area (Å²) in [4.78, 5) is 14.6. The number of hydrogen-bond donors (Lipinski definition) is 0. The first-order valence-electron chi connectivity index (χ1n) is 3.80. The summed E-state index contributed by atoms with van der Waals surface area (Å²) < 4.78 is 0. The molecule has 0 unspecified atom stereocenters. The Kier molecular flexibility index (Phi) is 3.29. The number of carbonyl (C=O) groups is 1. The summed E-state index contributed by atoms with van der Waals surface area (Å²) in [6.45, 7) is 2.06. The molecule has 0 saturated carbocycles. The van der Waals surface area contributed by atoms with Gasteiger partial charge in [-0.3, -0.25) is 4.79 Å². The lowest BCUT2D eigenvalue weighted by atomic mass is 10.2. The Labute approximate surface area is 76.4 Å². The highest BCUT2D eigenvalue weighted by atomic mass is 32.2. The van der Waals surface area contributed by atoms with Gasteiger partial charge >= 0.3 is 0 Å². The summed E-state index contributed by atoms with van der Waals surface area (Å²) >= 11 is 1.61. The zero-order valence-electron chi connectivity index (χ0n) is 7.20. The van der Waals surface area contributed by atoms with Crippen LogP contribution in [-0.4, -0.2) is 17.5 Å². The number of thioether (sulfide) groups is 1. The van der Waals surface area contributed by atoms with Crippen LogP contribution >= 0.6 is 11.8 Å². The highest BCUT2D eigenvalue weighted by Gasteiger charge is 2.01. The van der Waals surface area contributed by atoms with Crippen molar-refractivity contribution in [2.45, 2.75) is 18.4 Å². The van der Waals surface area contributed by atoms with Crippen LogP contribution in [0.1, 0.15) is 22.8 Å². The van der Waals surface area contributed by atoms with Crippen molar-refractivity contribution in [3.05, 3.63) is 23.4 Å². The van der Waals surface area contributed by atoms with E-state index >= 15 is 0 Å². The Morgan fingerprint density at radius 2 is 2.42 bits per heavy atom. The molecule has 0 saturated heterocycles. The predicted molar refractivity (Wildman–Crippen MR) is 50.8 cm³/mol. The molecule has 1 aromatic rings. The van der Waals surface area contributed by atoms with E-state index in [2.05, 4.69) is 11.9 Å². The first kappa shape index (κ1) is 9.26. The van der Waals surface area contributed by atoms with E-state index in [9.17, 15) is 4.79 Å². The van der Waals surface area contributed by atoms with Crippen LogP contribution in [0, 0.1) is 0 Å². The van der Waals surface area contributed by atoms with E-state index < -0.39 is 0 Å². The van der Waals surface area contributed by atoms with Crippen LogP contribution in [0.5, 0.6) is 0 Å². The zero-order chi connectivity index (χ0) is 8.97. The zero-order valence-corrected chi connectivity index (χ0v) is 8.02. The van der Waals surface area contributed by atoms with E-state index in [1.165, 1.54) is 0 Å². The predicted octanol–water partition coefficient (Wildman–Crippen LogP) is 2.18.